The van der Waals surface area contributed by atoms with Crippen molar-refractivity contribution in [1.82, 2.24) is 5.32 Å². The summed E-state index contributed by atoms with van der Waals surface area (Å²) in [5.74, 6) is 0.442. The quantitative estimate of drug-likeness (QED) is 0.704. The van der Waals surface area contributed by atoms with E-state index in [1.54, 1.807) is 0 Å². The van der Waals surface area contributed by atoms with Crippen LogP contribution < -0.4 is 11.1 Å². The first-order chi connectivity index (χ1) is 7.90. The predicted octanol–water partition coefficient (Wildman–Crippen LogP) is 2.40. The molecule has 0 saturated heterocycles. The third-order valence-corrected chi connectivity index (χ3v) is 4.96. The molecule has 0 aromatic heterocycles. The molecule has 0 bridgehead atoms. The van der Waals surface area contributed by atoms with Crippen LogP contribution in [0.1, 0.15) is 47.0 Å². The van der Waals surface area contributed by atoms with Gasteiger partial charge in [0.05, 0.1) is 6.04 Å². The number of nitrogens with one attached hydrogen (secondary N) is 1. The average Bonchev–Trinajstić information content (AvgIpc) is 2.30. The Balaban J connectivity index is 4.21. The summed E-state index contributed by atoms with van der Waals surface area (Å²) < 4.78 is 0.160. The third kappa shape index (κ3) is 5.77. The van der Waals surface area contributed by atoms with Gasteiger partial charge < -0.3 is 11.1 Å². The zero-order chi connectivity index (χ0) is 13.5. The minimum Gasteiger partial charge on any atom is -0.353 e. The molecule has 3 N–H and O–H groups in total. The van der Waals surface area contributed by atoms with Crippen molar-refractivity contribution in [2.45, 2.75) is 57.7 Å². The van der Waals surface area contributed by atoms with Gasteiger partial charge in [-0.15, -0.1) is 0 Å². The van der Waals surface area contributed by atoms with Crippen LogP contribution in [0.25, 0.3) is 0 Å². The van der Waals surface area contributed by atoms with E-state index < -0.39 is 0 Å². The summed E-state index contributed by atoms with van der Waals surface area (Å²) in [6.45, 7) is 9.21. The van der Waals surface area contributed by atoms with E-state index in [-0.39, 0.29) is 16.7 Å². The van der Waals surface area contributed by atoms with Crippen LogP contribution in [0, 0.1) is 5.92 Å². The lowest BCUT2D eigenvalue weighted by molar-refractivity contribution is -0.122. The van der Waals surface area contributed by atoms with E-state index >= 15 is 0 Å². The second-order valence-corrected chi connectivity index (χ2v) is 6.32. The molecule has 3 nitrogen and oxygen atoms in total. The fourth-order valence-corrected chi connectivity index (χ4v) is 2.65. The number of amides is 1. The summed E-state index contributed by atoms with van der Waals surface area (Å²) >= 11 is 1.83. The third-order valence-electron chi connectivity index (χ3n) is 3.37. The van der Waals surface area contributed by atoms with E-state index in [1.807, 2.05) is 11.8 Å². The molecule has 0 heterocycles. The Morgan fingerprint density at radius 1 is 1.35 bits per heavy atom. The maximum absolute atomic E-state index is 11.8. The summed E-state index contributed by atoms with van der Waals surface area (Å²) in [5.41, 5.74) is 5.85. The molecule has 0 aliphatic carbocycles. The molecule has 0 aliphatic rings. The van der Waals surface area contributed by atoms with Crippen molar-refractivity contribution in [2.24, 2.45) is 11.7 Å². The first-order valence-corrected chi connectivity index (χ1v) is 7.71. The maximum Gasteiger partial charge on any atom is 0.236 e. The molecular weight excluding hydrogens is 232 g/mol. The van der Waals surface area contributed by atoms with Gasteiger partial charge in [0.15, 0.2) is 0 Å². The Bertz CT molecular complexity index is 219. The van der Waals surface area contributed by atoms with Crippen molar-refractivity contribution < 1.29 is 4.79 Å². The van der Waals surface area contributed by atoms with Gasteiger partial charge in [0.25, 0.3) is 0 Å². The van der Waals surface area contributed by atoms with E-state index in [1.165, 1.54) is 0 Å². The molecule has 0 radical (unpaired) electrons. The Morgan fingerprint density at radius 2 is 1.88 bits per heavy atom. The van der Waals surface area contributed by atoms with Crippen molar-refractivity contribution in [3.63, 3.8) is 0 Å². The topological polar surface area (TPSA) is 55.1 Å². The van der Waals surface area contributed by atoms with E-state index in [2.05, 4.69) is 39.3 Å². The van der Waals surface area contributed by atoms with Crippen molar-refractivity contribution >= 4 is 17.7 Å². The number of nitrogens with two attached hydrogens (primary N) is 1. The van der Waals surface area contributed by atoms with Crippen LogP contribution in [0.15, 0.2) is 0 Å². The SMILES string of the molecule is CCC(CC)(CNC(=O)[C@H](N)CC(C)C)SC. The fraction of sp³-hybridized carbons (Fsp3) is 0.923. The largest absolute Gasteiger partial charge is 0.353 e. The molecule has 0 saturated carbocycles. The summed E-state index contributed by atoms with van der Waals surface area (Å²) in [7, 11) is 0. The summed E-state index contributed by atoms with van der Waals surface area (Å²) in [5, 5.41) is 3.00. The highest BCUT2D eigenvalue weighted by atomic mass is 32.2. The van der Waals surface area contributed by atoms with Crippen molar-refractivity contribution in [3.05, 3.63) is 0 Å². The lowest BCUT2D eigenvalue weighted by Gasteiger charge is -2.30. The number of hydrogen-bond acceptors (Lipinski definition) is 3. The zero-order valence-corrected chi connectivity index (χ0v) is 12.7. The molecule has 0 unspecified atom stereocenters. The summed E-state index contributed by atoms with van der Waals surface area (Å²) in [6, 6.07) is -0.372. The minimum absolute atomic E-state index is 0.0148. The lowest BCUT2D eigenvalue weighted by atomic mass is 10.0. The maximum atomic E-state index is 11.8. The number of thioether (sulfide) groups is 1. The van der Waals surface area contributed by atoms with Gasteiger partial charge in [0, 0.05) is 11.3 Å². The number of rotatable bonds is 8. The average molecular weight is 260 g/mol. The molecule has 1 atom stereocenters. The van der Waals surface area contributed by atoms with E-state index in [9.17, 15) is 4.79 Å². The van der Waals surface area contributed by atoms with E-state index in [0.29, 0.717) is 12.5 Å². The molecule has 1 amide bonds. The number of carbonyl (C=O) groups is 1. The van der Waals surface area contributed by atoms with Crippen molar-refractivity contribution in [2.75, 3.05) is 12.8 Å². The number of carbonyl (C=O) groups excluding carboxylic acids is 1. The molecule has 0 aliphatic heterocycles. The Kier molecular flexibility index (Phi) is 7.88. The monoisotopic (exact) mass is 260 g/mol. The van der Waals surface area contributed by atoms with Crippen molar-refractivity contribution in [3.8, 4) is 0 Å². The standard InChI is InChI=1S/C13H28N2OS/c1-6-13(7-2,17-5)9-15-12(16)11(14)8-10(3)4/h10-11H,6-9,14H2,1-5H3,(H,15,16)/t11-/m1/s1. The van der Waals surface area contributed by atoms with Gasteiger partial charge >= 0.3 is 0 Å². The van der Waals surface area contributed by atoms with Gasteiger partial charge in [-0.25, -0.2) is 0 Å². The van der Waals surface area contributed by atoms with Gasteiger partial charge in [-0.1, -0.05) is 27.7 Å². The van der Waals surface area contributed by atoms with Gasteiger partial charge in [-0.2, -0.15) is 11.8 Å². The highest BCUT2D eigenvalue weighted by Crippen LogP contribution is 2.29. The lowest BCUT2D eigenvalue weighted by Crippen LogP contribution is -2.47. The molecular formula is C13H28N2OS. The molecule has 4 heteroatoms. The zero-order valence-electron chi connectivity index (χ0n) is 11.9. The van der Waals surface area contributed by atoms with E-state index in [4.69, 9.17) is 5.73 Å². The Hall–Kier alpha value is -0.220. The normalized spacial score (nSPS) is 13.8. The van der Waals surface area contributed by atoms with Crippen molar-refractivity contribution in [1.29, 1.82) is 0 Å². The molecule has 0 aromatic carbocycles. The second kappa shape index (κ2) is 7.98. The molecule has 0 rings (SSSR count). The van der Waals surface area contributed by atoms with Crippen LogP contribution in [0.2, 0.25) is 0 Å². The van der Waals surface area contributed by atoms with Crippen LogP contribution in [0.3, 0.4) is 0 Å². The van der Waals surface area contributed by atoms with Gasteiger partial charge in [-0.05, 0) is 31.4 Å². The molecule has 0 fully saturated rings. The first kappa shape index (κ1) is 16.8. The Labute approximate surface area is 110 Å². The number of hydrogen-bond donors (Lipinski definition) is 2. The fourth-order valence-electron chi connectivity index (χ4n) is 1.86. The van der Waals surface area contributed by atoms with Gasteiger partial charge in [0.1, 0.15) is 0 Å². The highest BCUT2D eigenvalue weighted by Gasteiger charge is 2.26. The highest BCUT2D eigenvalue weighted by molar-refractivity contribution is 8.00. The second-order valence-electron chi connectivity index (χ2n) is 5.05. The minimum atomic E-state index is -0.372. The first-order valence-electron chi connectivity index (χ1n) is 6.49. The van der Waals surface area contributed by atoms with Crippen LogP contribution in [-0.2, 0) is 4.79 Å². The summed E-state index contributed by atoms with van der Waals surface area (Å²) in [4.78, 5) is 11.8. The Morgan fingerprint density at radius 3 is 2.24 bits per heavy atom. The molecule has 0 aromatic rings. The smallest absolute Gasteiger partial charge is 0.236 e. The van der Waals surface area contributed by atoms with Crippen LogP contribution in [-0.4, -0.2) is 29.5 Å². The van der Waals surface area contributed by atoms with Crippen LogP contribution in [0.4, 0.5) is 0 Å². The van der Waals surface area contributed by atoms with Crippen LogP contribution >= 0.6 is 11.8 Å². The molecule has 0 spiro atoms. The van der Waals surface area contributed by atoms with Crippen LogP contribution in [0.5, 0.6) is 0 Å². The predicted molar refractivity (Wildman–Crippen MR) is 77.3 cm³/mol. The van der Waals surface area contributed by atoms with Gasteiger partial charge in [-0.3, -0.25) is 4.79 Å². The molecule has 102 valence electrons. The summed E-state index contributed by atoms with van der Waals surface area (Å²) in [6.07, 6.45) is 4.97. The molecule has 17 heavy (non-hydrogen) atoms. The van der Waals surface area contributed by atoms with E-state index in [0.717, 1.165) is 19.3 Å². The van der Waals surface area contributed by atoms with Gasteiger partial charge in [0.2, 0.25) is 5.91 Å².